The maximum absolute atomic E-state index is 13.2. The molecule has 32 heavy (non-hydrogen) atoms. The number of amides is 1. The lowest BCUT2D eigenvalue weighted by atomic mass is 9.99. The van der Waals surface area contributed by atoms with Crippen LogP contribution in [0.1, 0.15) is 28.0 Å². The molecule has 7 heteroatoms. The summed E-state index contributed by atoms with van der Waals surface area (Å²) in [6.45, 7) is 1.33. The largest absolute Gasteiger partial charge is 0.365 e. The topological polar surface area (TPSA) is 66.7 Å². The van der Waals surface area contributed by atoms with Gasteiger partial charge < -0.3 is 10.2 Å². The van der Waals surface area contributed by atoms with E-state index in [2.05, 4.69) is 15.2 Å². The third kappa shape index (κ3) is 3.85. The molecular formula is C25H21FN4O2. The molecule has 1 aliphatic heterocycles. The van der Waals surface area contributed by atoms with Gasteiger partial charge in [0, 0.05) is 35.7 Å². The molecule has 0 saturated carbocycles. The Morgan fingerprint density at radius 3 is 2.75 bits per heavy atom. The molecule has 0 aliphatic carbocycles. The smallest absolute Gasteiger partial charge is 0.258 e. The van der Waals surface area contributed by atoms with Crippen molar-refractivity contribution >= 4 is 22.9 Å². The highest BCUT2D eigenvalue weighted by molar-refractivity contribution is 6.05. The zero-order valence-corrected chi connectivity index (χ0v) is 17.3. The summed E-state index contributed by atoms with van der Waals surface area (Å²) in [4.78, 5) is 31.9. The van der Waals surface area contributed by atoms with Crippen LogP contribution in [0.5, 0.6) is 0 Å². The van der Waals surface area contributed by atoms with Crippen LogP contribution in [0.3, 0.4) is 0 Å². The van der Waals surface area contributed by atoms with E-state index in [9.17, 15) is 14.0 Å². The predicted octanol–water partition coefficient (Wildman–Crippen LogP) is 4.04. The number of hydrogen-bond donors (Lipinski definition) is 1. The van der Waals surface area contributed by atoms with Gasteiger partial charge in [0.1, 0.15) is 11.5 Å². The molecule has 0 bridgehead atoms. The van der Waals surface area contributed by atoms with Crippen LogP contribution in [0.25, 0.3) is 5.65 Å². The maximum Gasteiger partial charge on any atom is 0.258 e. The number of hydrogen-bond acceptors (Lipinski definition) is 4. The van der Waals surface area contributed by atoms with Gasteiger partial charge in [-0.25, -0.2) is 9.37 Å². The lowest BCUT2D eigenvalue weighted by Gasteiger charge is -2.32. The molecule has 3 heterocycles. The first kappa shape index (κ1) is 19.9. The molecule has 2 aromatic carbocycles. The fraction of sp³-hybridized carbons (Fsp3) is 0.160. The number of anilines is 2. The quantitative estimate of drug-likeness (QED) is 0.533. The summed E-state index contributed by atoms with van der Waals surface area (Å²) in [5.74, 6) is -0.657. The summed E-state index contributed by atoms with van der Waals surface area (Å²) in [6, 6.07) is 18.3. The van der Waals surface area contributed by atoms with Gasteiger partial charge in [0.25, 0.3) is 11.5 Å². The number of pyridine rings is 1. The second kappa shape index (κ2) is 8.26. The van der Waals surface area contributed by atoms with Crippen LogP contribution in [-0.4, -0.2) is 21.8 Å². The number of fused-ring (bicyclic) bond motifs is 2. The van der Waals surface area contributed by atoms with Crippen LogP contribution in [0.4, 0.5) is 15.8 Å². The summed E-state index contributed by atoms with van der Waals surface area (Å²) in [5.41, 5.74) is 4.42. The van der Waals surface area contributed by atoms with Gasteiger partial charge in [-0.15, -0.1) is 0 Å². The summed E-state index contributed by atoms with van der Waals surface area (Å²) in [7, 11) is 0. The standard InChI is InChI=1S/C25H21FN4O2/c26-18-11-9-17(10-12-18)25(32)28-21-6-3-7-22-20(21)5-4-13-29(22)16-19-15-24(31)30-14-2-1-8-23(30)27-19/h1-3,6-12,14-15H,4-5,13,16H2,(H,28,32). The van der Waals surface area contributed by atoms with E-state index < -0.39 is 0 Å². The third-order valence-corrected chi connectivity index (χ3v) is 5.68. The van der Waals surface area contributed by atoms with E-state index in [1.807, 2.05) is 30.3 Å². The summed E-state index contributed by atoms with van der Waals surface area (Å²) >= 11 is 0. The Bertz CT molecular complexity index is 1360. The summed E-state index contributed by atoms with van der Waals surface area (Å²) in [5, 5.41) is 2.97. The minimum Gasteiger partial charge on any atom is -0.365 e. The normalized spacial score (nSPS) is 13.1. The first-order chi connectivity index (χ1) is 15.6. The zero-order valence-electron chi connectivity index (χ0n) is 17.3. The van der Waals surface area contributed by atoms with Crippen LogP contribution >= 0.6 is 0 Å². The average Bonchev–Trinajstić information content (AvgIpc) is 2.80. The van der Waals surface area contributed by atoms with E-state index >= 15 is 0 Å². The molecule has 0 spiro atoms. The van der Waals surface area contributed by atoms with Gasteiger partial charge in [-0.05, 0) is 66.9 Å². The second-order valence-electron chi connectivity index (χ2n) is 7.80. The Morgan fingerprint density at radius 2 is 1.91 bits per heavy atom. The van der Waals surface area contributed by atoms with Gasteiger partial charge in [0.15, 0.2) is 0 Å². The highest BCUT2D eigenvalue weighted by Crippen LogP contribution is 2.33. The predicted molar refractivity (Wildman–Crippen MR) is 122 cm³/mol. The van der Waals surface area contributed by atoms with Crippen LogP contribution < -0.4 is 15.8 Å². The van der Waals surface area contributed by atoms with Crippen molar-refractivity contribution in [3.63, 3.8) is 0 Å². The molecule has 4 aromatic rings. The van der Waals surface area contributed by atoms with E-state index in [1.165, 1.54) is 28.7 Å². The number of carbonyl (C=O) groups is 1. The van der Waals surface area contributed by atoms with Crippen molar-refractivity contribution in [2.75, 3.05) is 16.8 Å². The Labute approximate surface area is 184 Å². The van der Waals surface area contributed by atoms with Crippen molar-refractivity contribution in [1.29, 1.82) is 0 Å². The molecule has 0 radical (unpaired) electrons. The highest BCUT2D eigenvalue weighted by Gasteiger charge is 2.21. The highest BCUT2D eigenvalue weighted by atomic mass is 19.1. The van der Waals surface area contributed by atoms with Gasteiger partial charge in [-0.1, -0.05) is 12.1 Å². The molecule has 5 rings (SSSR count). The van der Waals surface area contributed by atoms with Gasteiger partial charge in [-0.3, -0.25) is 14.0 Å². The number of rotatable bonds is 4. The van der Waals surface area contributed by atoms with Crippen LogP contribution in [0.2, 0.25) is 0 Å². The second-order valence-corrected chi connectivity index (χ2v) is 7.80. The first-order valence-corrected chi connectivity index (χ1v) is 10.5. The van der Waals surface area contributed by atoms with Crippen LogP contribution in [0.15, 0.2) is 77.7 Å². The summed E-state index contributed by atoms with van der Waals surface area (Å²) < 4.78 is 14.7. The Balaban J connectivity index is 1.42. The van der Waals surface area contributed by atoms with Crippen molar-refractivity contribution in [2.24, 2.45) is 0 Å². The molecule has 1 aliphatic rings. The lowest BCUT2D eigenvalue weighted by Crippen LogP contribution is -2.31. The number of nitrogens with one attached hydrogen (secondary N) is 1. The van der Waals surface area contributed by atoms with Crippen LogP contribution in [0, 0.1) is 5.82 Å². The number of benzene rings is 2. The Kier molecular flexibility index (Phi) is 5.15. The summed E-state index contributed by atoms with van der Waals surface area (Å²) in [6.07, 6.45) is 3.46. The number of aromatic nitrogens is 2. The van der Waals surface area contributed by atoms with Crippen molar-refractivity contribution < 1.29 is 9.18 Å². The van der Waals surface area contributed by atoms with Gasteiger partial charge in [0.2, 0.25) is 0 Å². The molecule has 0 atom stereocenters. The Hall–Kier alpha value is -4.00. The monoisotopic (exact) mass is 428 g/mol. The van der Waals surface area contributed by atoms with Gasteiger partial charge in [-0.2, -0.15) is 0 Å². The maximum atomic E-state index is 13.2. The zero-order chi connectivity index (χ0) is 22.1. The molecule has 0 unspecified atom stereocenters. The van der Waals surface area contributed by atoms with Crippen LogP contribution in [-0.2, 0) is 13.0 Å². The lowest BCUT2D eigenvalue weighted by molar-refractivity contribution is 0.102. The molecule has 1 N–H and O–H groups in total. The van der Waals surface area contributed by atoms with E-state index in [-0.39, 0.29) is 17.3 Å². The third-order valence-electron chi connectivity index (χ3n) is 5.68. The molecule has 2 aromatic heterocycles. The Morgan fingerprint density at radius 1 is 1.06 bits per heavy atom. The molecule has 1 amide bonds. The van der Waals surface area contributed by atoms with E-state index in [4.69, 9.17) is 0 Å². The van der Waals surface area contributed by atoms with Crippen molar-refractivity contribution in [3.05, 3.63) is 106 Å². The van der Waals surface area contributed by atoms with E-state index in [0.29, 0.717) is 23.4 Å². The SMILES string of the molecule is O=C(Nc1cccc2c1CCCN2Cc1cc(=O)n2ccccc2n1)c1ccc(F)cc1. The average molecular weight is 428 g/mol. The fourth-order valence-corrected chi connectivity index (χ4v) is 4.16. The molecular weight excluding hydrogens is 407 g/mol. The van der Waals surface area contributed by atoms with Gasteiger partial charge in [0.05, 0.1) is 12.2 Å². The molecule has 0 fully saturated rings. The van der Waals surface area contributed by atoms with Gasteiger partial charge >= 0.3 is 0 Å². The number of carbonyl (C=O) groups excluding carboxylic acids is 1. The number of halogens is 1. The molecule has 6 nitrogen and oxygen atoms in total. The van der Waals surface area contributed by atoms with Crippen molar-refractivity contribution in [1.82, 2.24) is 9.38 Å². The number of nitrogens with zero attached hydrogens (tertiary/aromatic N) is 3. The van der Waals surface area contributed by atoms with E-state index in [1.54, 1.807) is 18.3 Å². The van der Waals surface area contributed by atoms with E-state index in [0.717, 1.165) is 36.3 Å². The minimum atomic E-state index is -0.379. The fourth-order valence-electron chi connectivity index (χ4n) is 4.16. The molecule has 0 saturated heterocycles. The van der Waals surface area contributed by atoms with Crippen molar-refractivity contribution in [2.45, 2.75) is 19.4 Å². The molecule has 160 valence electrons. The minimum absolute atomic E-state index is 0.108. The van der Waals surface area contributed by atoms with Crippen molar-refractivity contribution in [3.8, 4) is 0 Å². The first-order valence-electron chi connectivity index (χ1n) is 10.5.